The predicted molar refractivity (Wildman–Crippen MR) is 152 cm³/mol. The Morgan fingerprint density at radius 3 is 2.49 bits per heavy atom. The molecule has 0 bridgehead atoms. The minimum absolute atomic E-state index is 0.267. The van der Waals surface area contributed by atoms with Crippen LogP contribution in [-0.2, 0) is 20.9 Å². The number of rotatable bonds is 11. The van der Waals surface area contributed by atoms with Crippen LogP contribution in [0.4, 0.5) is 11.7 Å². The second-order valence-electron chi connectivity index (χ2n) is 8.53. The van der Waals surface area contributed by atoms with Crippen molar-refractivity contribution in [1.29, 1.82) is 0 Å². The lowest BCUT2D eigenvalue weighted by Gasteiger charge is -2.16. The van der Waals surface area contributed by atoms with Crippen LogP contribution in [-0.4, -0.2) is 32.6 Å². The average Bonchev–Trinajstić information content (AvgIpc) is 3.65. The van der Waals surface area contributed by atoms with Crippen molar-refractivity contribution >= 4 is 33.3 Å². The van der Waals surface area contributed by atoms with Crippen LogP contribution in [0, 0.1) is 0 Å². The number of hydrogen-bond acceptors (Lipinski definition) is 9. The Hall–Kier alpha value is -4.19. The number of oxazole rings is 1. The zero-order valence-corrected chi connectivity index (χ0v) is 22.8. The molecule has 2 aromatic heterocycles. The maximum Gasteiger partial charge on any atom is 0.359 e. The number of thiazole rings is 1. The van der Waals surface area contributed by atoms with Gasteiger partial charge >= 0.3 is 10.3 Å². The van der Waals surface area contributed by atoms with E-state index in [0.717, 1.165) is 40.3 Å². The van der Waals surface area contributed by atoms with Crippen molar-refractivity contribution in [2.75, 3.05) is 24.3 Å². The lowest BCUT2D eigenvalue weighted by atomic mass is 10.0. The maximum atomic E-state index is 11.7. The van der Waals surface area contributed by atoms with Gasteiger partial charge in [-0.3, -0.25) is 8.91 Å². The normalized spacial score (nSPS) is 12.2. The minimum Gasteiger partial charge on any atom is -0.497 e. The highest BCUT2D eigenvalue weighted by molar-refractivity contribution is 7.88. The zero-order chi connectivity index (χ0) is 27.2. The first kappa shape index (κ1) is 26.4. The fourth-order valence-electron chi connectivity index (χ4n) is 3.92. The first-order valence-electron chi connectivity index (χ1n) is 12.0. The van der Waals surface area contributed by atoms with Gasteiger partial charge in [0.05, 0.1) is 37.8 Å². The molecule has 5 aromatic rings. The Bertz CT molecular complexity index is 1630. The number of benzene rings is 3. The van der Waals surface area contributed by atoms with Crippen molar-refractivity contribution in [3.63, 3.8) is 0 Å². The van der Waals surface area contributed by atoms with Gasteiger partial charge in [0.1, 0.15) is 10.8 Å². The Morgan fingerprint density at radius 1 is 0.974 bits per heavy atom. The number of nitrogens with zero attached hydrogens (tertiary/aromatic N) is 2. The van der Waals surface area contributed by atoms with E-state index < -0.39 is 10.3 Å². The summed E-state index contributed by atoms with van der Waals surface area (Å²) in [5.74, 6) is 1.33. The van der Waals surface area contributed by atoms with E-state index in [4.69, 9.17) is 14.1 Å². The van der Waals surface area contributed by atoms with Gasteiger partial charge in [-0.15, -0.1) is 11.3 Å². The Balaban J connectivity index is 1.40. The Labute approximate surface area is 230 Å². The molecule has 0 radical (unpaired) electrons. The molecular formula is C28H26N4O5S2. The van der Waals surface area contributed by atoms with Crippen LogP contribution >= 0.6 is 11.3 Å². The summed E-state index contributed by atoms with van der Waals surface area (Å²) in [4.78, 5) is 9.35. The molecule has 0 amide bonds. The van der Waals surface area contributed by atoms with Crippen LogP contribution in [0.1, 0.15) is 17.3 Å². The highest BCUT2D eigenvalue weighted by Gasteiger charge is 2.20. The third kappa shape index (κ3) is 6.63. The van der Waals surface area contributed by atoms with Gasteiger partial charge in [-0.2, -0.15) is 8.42 Å². The molecule has 0 aliphatic heterocycles. The van der Waals surface area contributed by atoms with Gasteiger partial charge in [0.2, 0.25) is 0 Å². The molecule has 1 atom stereocenters. The van der Waals surface area contributed by atoms with Gasteiger partial charge in [0.15, 0.2) is 5.76 Å². The van der Waals surface area contributed by atoms with Crippen LogP contribution in [0.3, 0.4) is 0 Å². The molecule has 0 aliphatic rings. The molecule has 9 nitrogen and oxygen atoms in total. The second kappa shape index (κ2) is 11.7. The first-order valence-corrected chi connectivity index (χ1v) is 14.3. The smallest absolute Gasteiger partial charge is 0.359 e. The van der Waals surface area contributed by atoms with Crippen molar-refractivity contribution in [1.82, 2.24) is 9.97 Å². The van der Waals surface area contributed by atoms with Crippen molar-refractivity contribution < 1.29 is 21.8 Å². The maximum absolute atomic E-state index is 11.7. The van der Waals surface area contributed by atoms with Gasteiger partial charge in [-0.25, -0.2) is 9.97 Å². The number of methoxy groups -OCH3 is 1. The van der Waals surface area contributed by atoms with Gasteiger partial charge in [-0.05, 0) is 36.2 Å². The van der Waals surface area contributed by atoms with Crippen LogP contribution in [0.2, 0.25) is 0 Å². The summed E-state index contributed by atoms with van der Waals surface area (Å²) in [6, 6.07) is 24.7. The van der Waals surface area contributed by atoms with Crippen LogP contribution < -0.4 is 14.8 Å². The quantitative estimate of drug-likeness (QED) is 0.196. The van der Waals surface area contributed by atoms with E-state index in [2.05, 4.69) is 19.2 Å². The van der Waals surface area contributed by atoms with E-state index in [1.807, 2.05) is 72.1 Å². The summed E-state index contributed by atoms with van der Waals surface area (Å²) in [5.41, 5.74) is 4.09. The topological polar surface area (TPSA) is 116 Å². The molecule has 0 saturated carbocycles. The molecule has 200 valence electrons. The second-order valence-corrected chi connectivity index (χ2v) is 10.8. The molecule has 2 N–H and O–H groups in total. The van der Waals surface area contributed by atoms with E-state index in [9.17, 15) is 8.42 Å². The molecule has 11 heteroatoms. The van der Waals surface area contributed by atoms with Gasteiger partial charge in [0, 0.05) is 16.5 Å². The van der Waals surface area contributed by atoms with Gasteiger partial charge in [-0.1, -0.05) is 54.6 Å². The summed E-state index contributed by atoms with van der Waals surface area (Å²) >= 11 is 1.56. The lowest BCUT2D eigenvalue weighted by molar-refractivity contribution is 0.402. The monoisotopic (exact) mass is 562 g/mol. The molecule has 0 spiro atoms. The van der Waals surface area contributed by atoms with E-state index in [1.54, 1.807) is 36.8 Å². The number of anilines is 2. The SMILES string of the molecule is COc1cccc(-c2cnc(NC(Cc3ccc(NS(=O)(=O)OC)cc3)c3csc(-c4ccccc4)n3)o2)c1. The highest BCUT2D eigenvalue weighted by atomic mass is 32.2. The largest absolute Gasteiger partial charge is 0.497 e. The third-order valence-corrected chi connectivity index (χ3v) is 7.75. The summed E-state index contributed by atoms with van der Waals surface area (Å²) in [6.07, 6.45) is 2.22. The van der Waals surface area contributed by atoms with Crippen molar-refractivity contribution in [2.24, 2.45) is 0 Å². The van der Waals surface area contributed by atoms with E-state index in [0.29, 0.717) is 23.9 Å². The molecule has 5 rings (SSSR count). The molecular weight excluding hydrogens is 536 g/mol. The standard InChI is InChI=1S/C28H26N4O5S2/c1-35-23-10-6-9-21(16-23)26-17-29-28(37-26)31-24(25-18-38-27(30-25)20-7-4-3-5-8-20)15-19-11-13-22(14-12-19)32-39(33,34)36-2/h3-14,16-18,24,32H,15H2,1-2H3,(H,29,31). The number of nitrogens with one attached hydrogen (secondary N) is 2. The molecule has 39 heavy (non-hydrogen) atoms. The zero-order valence-electron chi connectivity index (χ0n) is 21.2. The minimum atomic E-state index is -3.84. The van der Waals surface area contributed by atoms with E-state index in [1.165, 1.54) is 0 Å². The summed E-state index contributed by atoms with van der Waals surface area (Å²) in [7, 11) is -1.12. The summed E-state index contributed by atoms with van der Waals surface area (Å²) < 4.78 is 41.6. The van der Waals surface area contributed by atoms with Crippen molar-refractivity contribution in [2.45, 2.75) is 12.5 Å². The summed E-state index contributed by atoms with van der Waals surface area (Å²) in [6.45, 7) is 0. The van der Waals surface area contributed by atoms with E-state index >= 15 is 0 Å². The van der Waals surface area contributed by atoms with Crippen LogP contribution in [0.5, 0.6) is 5.75 Å². The Kier molecular flexibility index (Phi) is 7.92. The fraction of sp³-hybridized carbons (Fsp3) is 0.143. The van der Waals surface area contributed by atoms with Crippen LogP contribution in [0.25, 0.3) is 21.9 Å². The number of ether oxygens (including phenoxy) is 1. The fourth-order valence-corrected chi connectivity index (χ4v) is 5.31. The molecule has 0 saturated heterocycles. The van der Waals surface area contributed by atoms with Crippen LogP contribution in [0.15, 0.2) is 94.9 Å². The van der Waals surface area contributed by atoms with Gasteiger partial charge < -0.3 is 14.5 Å². The van der Waals surface area contributed by atoms with E-state index in [-0.39, 0.29) is 6.04 Å². The predicted octanol–water partition coefficient (Wildman–Crippen LogP) is 6.17. The summed E-state index contributed by atoms with van der Waals surface area (Å²) in [5, 5.41) is 6.32. The molecule has 1 unspecified atom stereocenters. The molecule has 2 heterocycles. The third-order valence-electron chi connectivity index (χ3n) is 5.91. The number of aromatic nitrogens is 2. The van der Waals surface area contributed by atoms with Crippen molar-refractivity contribution in [3.8, 4) is 27.6 Å². The average molecular weight is 563 g/mol. The van der Waals surface area contributed by atoms with Gasteiger partial charge in [0.25, 0.3) is 6.01 Å². The number of hydrogen-bond donors (Lipinski definition) is 2. The van der Waals surface area contributed by atoms with Crippen molar-refractivity contribution in [3.05, 3.63) is 102 Å². The Morgan fingerprint density at radius 2 is 1.74 bits per heavy atom. The first-order chi connectivity index (χ1) is 18.9. The molecule has 0 fully saturated rings. The molecule has 0 aliphatic carbocycles. The molecule has 3 aromatic carbocycles. The highest BCUT2D eigenvalue weighted by Crippen LogP contribution is 2.32. The lowest BCUT2D eigenvalue weighted by Crippen LogP contribution is -2.15.